The van der Waals surface area contributed by atoms with Crippen molar-refractivity contribution < 1.29 is 31.9 Å². The molecule has 0 aliphatic rings. The fourth-order valence-electron chi connectivity index (χ4n) is 2.14. The van der Waals surface area contributed by atoms with Gasteiger partial charge in [0.1, 0.15) is 18.1 Å². The van der Waals surface area contributed by atoms with Crippen LogP contribution in [-0.2, 0) is 24.3 Å². The molecule has 0 aliphatic heterocycles. The summed E-state index contributed by atoms with van der Waals surface area (Å²) in [6, 6.07) is 10.8. The van der Waals surface area contributed by atoms with Crippen LogP contribution in [0.5, 0.6) is 5.75 Å². The van der Waals surface area contributed by atoms with E-state index in [-0.39, 0.29) is 4.90 Å². The lowest BCUT2D eigenvalue weighted by molar-refractivity contribution is -0.147. The van der Waals surface area contributed by atoms with Crippen molar-refractivity contribution in [3.63, 3.8) is 0 Å². The molecule has 8 nitrogen and oxygen atoms in total. The van der Waals surface area contributed by atoms with Crippen molar-refractivity contribution in [1.82, 2.24) is 4.31 Å². The van der Waals surface area contributed by atoms with Crippen LogP contribution in [0.15, 0.2) is 53.4 Å². The first-order chi connectivity index (χ1) is 13.2. The van der Waals surface area contributed by atoms with Gasteiger partial charge in [-0.15, -0.1) is 0 Å². The molecule has 150 valence electrons. The zero-order valence-electron chi connectivity index (χ0n) is 15.2. The fraction of sp³-hybridized carbons (Fsp3) is 0.222. The van der Waals surface area contributed by atoms with E-state index in [0.29, 0.717) is 11.4 Å². The Labute approximate surface area is 161 Å². The highest BCUT2D eigenvalue weighted by Crippen LogP contribution is 2.17. The topological polar surface area (TPSA) is 102 Å². The van der Waals surface area contributed by atoms with Gasteiger partial charge in [-0.3, -0.25) is 9.59 Å². The van der Waals surface area contributed by atoms with Gasteiger partial charge in [-0.25, -0.2) is 12.8 Å². The molecular weight excluding hydrogens is 391 g/mol. The maximum atomic E-state index is 12.9. The van der Waals surface area contributed by atoms with Gasteiger partial charge in [0.05, 0.1) is 12.0 Å². The minimum atomic E-state index is -3.99. The summed E-state index contributed by atoms with van der Waals surface area (Å²) in [5, 5.41) is 2.52. The Bertz CT molecular complexity index is 947. The number of sulfonamides is 1. The Balaban J connectivity index is 1.87. The summed E-state index contributed by atoms with van der Waals surface area (Å²) >= 11 is 0. The van der Waals surface area contributed by atoms with Crippen molar-refractivity contribution in [2.75, 3.05) is 32.6 Å². The molecule has 10 heteroatoms. The number of methoxy groups -OCH3 is 1. The summed E-state index contributed by atoms with van der Waals surface area (Å²) in [5.74, 6) is -1.54. The van der Waals surface area contributed by atoms with Crippen LogP contribution in [0.25, 0.3) is 0 Å². The van der Waals surface area contributed by atoms with Gasteiger partial charge in [0.15, 0.2) is 6.61 Å². The van der Waals surface area contributed by atoms with Crippen LogP contribution in [0.2, 0.25) is 0 Å². The predicted octanol–water partition coefficient (Wildman–Crippen LogP) is 1.64. The van der Waals surface area contributed by atoms with E-state index in [1.54, 1.807) is 24.3 Å². The van der Waals surface area contributed by atoms with E-state index in [1.807, 2.05) is 0 Å². The quantitative estimate of drug-likeness (QED) is 0.664. The van der Waals surface area contributed by atoms with Crippen LogP contribution in [0.3, 0.4) is 0 Å². The maximum Gasteiger partial charge on any atom is 0.321 e. The van der Waals surface area contributed by atoms with E-state index in [2.05, 4.69) is 5.32 Å². The Morgan fingerprint density at radius 1 is 1.14 bits per heavy atom. The fourth-order valence-corrected chi connectivity index (χ4v) is 3.26. The number of hydrogen-bond donors (Lipinski definition) is 1. The van der Waals surface area contributed by atoms with E-state index in [1.165, 1.54) is 14.2 Å². The molecule has 0 bridgehead atoms. The average Bonchev–Trinajstić information content (AvgIpc) is 2.66. The van der Waals surface area contributed by atoms with Crippen molar-refractivity contribution in [3.8, 4) is 5.75 Å². The van der Waals surface area contributed by atoms with Crippen molar-refractivity contribution in [1.29, 1.82) is 0 Å². The highest BCUT2D eigenvalue weighted by molar-refractivity contribution is 7.89. The number of halogens is 1. The SMILES string of the molecule is COc1cccc(NC(=O)COC(=O)CN(C)S(=O)(=O)c2ccc(F)cc2)c1. The number of likely N-dealkylation sites (N-methyl/N-ethyl adjacent to an activating group) is 1. The van der Waals surface area contributed by atoms with Crippen molar-refractivity contribution in [2.24, 2.45) is 0 Å². The monoisotopic (exact) mass is 410 g/mol. The van der Waals surface area contributed by atoms with Crippen LogP contribution in [0, 0.1) is 5.82 Å². The Morgan fingerprint density at radius 3 is 2.46 bits per heavy atom. The van der Waals surface area contributed by atoms with Gasteiger partial charge >= 0.3 is 5.97 Å². The molecule has 0 saturated carbocycles. The summed E-state index contributed by atoms with van der Waals surface area (Å²) in [5.41, 5.74) is 0.455. The second kappa shape index (κ2) is 9.29. The second-order valence-electron chi connectivity index (χ2n) is 5.66. The molecule has 0 unspecified atom stereocenters. The predicted molar refractivity (Wildman–Crippen MR) is 98.8 cm³/mol. The van der Waals surface area contributed by atoms with Crippen molar-refractivity contribution in [2.45, 2.75) is 4.90 Å². The number of anilines is 1. The van der Waals surface area contributed by atoms with Crippen LogP contribution in [0.1, 0.15) is 0 Å². The normalized spacial score (nSPS) is 11.1. The molecule has 1 amide bonds. The van der Waals surface area contributed by atoms with Gasteiger partial charge in [-0.1, -0.05) is 6.07 Å². The Kier molecular flexibility index (Phi) is 7.07. The smallest absolute Gasteiger partial charge is 0.321 e. The van der Waals surface area contributed by atoms with Gasteiger partial charge in [-0.2, -0.15) is 4.31 Å². The molecule has 28 heavy (non-hydrogen) atoms. The average molecular weight is 410 g/mol. The molecular formula is C18H19FN2O6S. The largest absolute Gasteiger partial charge is 0.497 e. The number of carbonyl (C=O) groups is 2. The highest BCUT2D eigenvalue weighted by atomic mass is 32.2. The number of ether oxygens (including phenoxy) is 2. The number of rotatable bonds is 8. The van der Waals surface area contributed by atoms with Crippen LogP contribution in [-0.4, -0.2) is 51.9 Å². The molecule has 0 radical (unpaired) electrons. The highest BCUT2D eigenvalue weighted by Gasteiger charge is 2.24. The first-order valence-electron chi connectivity index (χ1n) is 8.04. The lowest BCUT2D eigenvalue weighted by atomic mass is 10.3. The third kappa shape index (κ3) is 5.76. The number of carbonyl (C=O) groups excluding carboxylic acids is 2. The lowest BCUT2D eigenvalue weighted by Crippen LogP contribution is -2.34. The van der Waals surface area contributed by atoms with Gasteiger partial charge < -0.3 is 14.8 Å². The number of benzene rings is 2. The number of nitrogens with one attached hydrogen (secondary N) is 1. The summed E-state index contributed by atoms with van der Waals surface area (Å²) in [4.78, 5) is 23.5. The molecule has 2 rings (SSSR count). The van der Waals surface area contributed by atoms with Crippen LogP contribution < -0.4 is 10.1 Å². The molecule has 1 N–H and O–H groups in total. The third-order valence-electron chi connectivity index (χ3n) is 3.59. The van der Waals surface area contributed by atoms with Gasteiger partial charge in [-0.05, 0) is 36.4 Å². The van der Waals surface area contributed by atoms with E-state index < -0.39 is 40.9 Å². The van der Waals surface area contributed by atoms with Crippen LogP contribution >= 0.6 is 0 Å². The lowest BCUT2D eigenvalue weighted by Gasteiger charge is -2.16. The second-order valence-corrected chi connectivity index (χ2v) is 7.70. The van der Waals surface area contributed by atoms with Crippen molar-refractivity contribution in [3.05, 3.63) is 54.3 Å². The zero-order valence-corrected chi connectivity index (χ0v) is 16.0. The summed E-state index contributed by atoms with van der Waals surface area (Å²) in [6.45, 7) is -1.19. The minimum Gasteiger partial charge on any atom is -0.497 e. The zero-order chi connectivity index (χ0) is 20.7. The van der Waals surface area contributed by atoms with Gasteiger partial charge in [0.25, 0.3) is 5.91 Å². The van der Waals surface area contributed by atoms with E-state index in [4.69, 9.17) is 9.47 Å². The number of amides is 1. The molecule has 2 aromatic rings. The summed E-state index contributed by atoms with van der Waals surface area (Å²) in [6.07, 6.45) is 0. The maximum absolute atomic E-state index is 12.9. The number of nitrogens with zero attached hydrogens (tertiary/aromatic N) is 1. The first-order valence-corrected chi connectivity index (χ1v) is 9.48. The molecule has 0 fully saturated rings. The first kappa shape index (κ1) is 21.3. The third-order valence-corrected chi connectivity index (χ3v) is 5.41. The molecule has 2 aromatic carbocycles. The number of esters is 1. The molecule has 0 atom stereocenters. The molecule has 0 aliphatic carbocycles. The standard InChI is InChI=1S/C18H19FN2O6S/c1-21(28(24,25)16-8-6-13(19)7-9-16)11-18(23)27-12-17(22)20-14-4-3-5-15(10-14)26-2/h3-10H,11-12H2,1-2H3,(H,20,22). The molecule has 0 spiro atoms. The van der Waals surface area contributed by atoms with Gasteiger partial charge in [0.2, 0.25) is 10.0 Å². The molecule has 0 aromatic heterocycles. The van der Waals surface area contributed by atoms with E-state index in [9.17, 15) is 22.4 Å². The molecule has 0 heterocycles. The Hall–Kier alpha value is -2.98. The van der Waals surface area contributed by atoms with E-state index in [0.717, 1.165) is 28.6 Å². The van der Waals surface area contributed by atoms with Crippen LogP contribution in [0.4, 0.5) is 10.1 Å². The van der Waals surface area contributed by atoms with Gasteiger partial charge in [0, 0.05) is 18.8 Å². The van der Waals surface area contributed by atoms with E-state index >= 15 is 0 Å². The summed E-state index contributed by atoms with van der Waals surface area (Å²) < 4.78 is 48.2. The minimum absolute atomic E-state index is 0.167. The Morgan fingerprint density at radius 2 is 1.82 bits per heavy atom. The molecule has 0 saturated heterocycles. The van der Waals surface area contributed by atoms with Crippen molar-refractivity contribution >= 4 is 27.6 Å². The summed E-state index contributed by atoms with van der Waals surface area (Å²) in [7, 11) is -1.33. The number of hydrogen-bond acceptors (Lipinski definition) is 6.